The number of hydrogen-bond acceptors (Lipinski definition) is 2. The van der Waals surface area contributed by atoms with Gasteiger partial charge in [-0.25, -0.2) is 4.39 Å². The first-order chi connectivity index (χ1) is 8.65. The minimum Gasteiger partial charge on any atom is -0.388 e. The number of pyridine rings is 1. The maximum Gasteiger partial charge on any atom is 0.123 e. The quantitative estimate of drug-likeness (QED) is 0.897. The Bertz CT molecular complexity index is 493. The highest BCUT2D eigenvalue weighted by Gasteiger charge is 2.09. The molecule has 1 unspecified atom stereocenters. The smallest absolute Gasteiger partial charge is 0.123 e. The van der Waals surface area contributed by atoms with Gasteiger partial charge in [0, 0.05) is 11.9 Å². The molecule has 0 amide bonds. The van der Waals surface area contributed by atoms with Crippen molar-refractivity contribution in [1.82, 2.24) is 4.98 Å². The molecule has 2 nitrogen and oxygen atoms in total. The first-order valence-corrected chi connectivity index (χ1v) is 6.00. The van der Waals surface area contributed by atoms with Crippen molar-refractivity contribution in [2.45, 2.75) is 25.9 Å². The Kier molecular flexibility index (Phi) is 4.05. The Hall–Kier alpha value is -1.74. The molecule has 0 spiro atoms. The average molecular weight is 245 g/mol. The Morgan fingerprint density at radius 3 is 2.78 bits per heavy atom. The van der Waals surface area contributed by atoms with Gasteiger partial charge in [-0.15, -0.1) is 0 Å². The fourth-order valence-electron chi connectivity index (χ4n) is 1.95. The van der Waals surface area contributed by atoms with Crippen LogP contribution < -0.4 is 0 Å². The second-order valence-electron chi connectivity index (χ2n) is 4.44. The van der Waals surface area contributed by atoms with E-state index < -0.39 is 6.10 Å². The summed E-state index contributed by atoms with van der Waals surface area (Å²) < 4.78 is 13.2. The van der Waals surface area contributed by atoms with Crippen LogP contribution in [0.4, 0.5) is 4.39 Å². The van der Waals surface area contributed by atoms with Crippen LogP contribution in [0.25, 0.3) is 0 Å². The molecular weight excluding hydrogens is 229 g/mol. The van der Waals surface area contributed by atoms with Crippen LogP contribution in [-0.4, -0.2) is 10.1 Å². The largest absolute Gasteiger partial charge is 0.388 e. The van der Waals surface area contributed by atoms with Crippen molar-refractivity contribution in [2.75, 3.05) is 0 Å². The summed E-state index contributed by atoms with van der Waals surface area (Å²) in [7, 11) is 0. The lowest BCUT2D eigenvalue weighted by atomic mass is 10.0. The minimum absolute atomic E-state index is 0.304. The zero-order valence-corrected chi connectivity index (χ0v) is 10.3. The standard InChI is InChI=1S/C15H16FNO/c1-11-8-12(10-13(16)9-11)15(18)6-5-14-4-2-3-7-17-14/h2-4,7-10,15,18H,5-6H2,1H3. The van der Waals surface area contributed by atoms with E-state index >= 15 is 0 Å². The van der Waals surface area contributed by atoms with E-state index in [4.69, 9.17) is 0 Å². The predicted octanol–water partition coefficient (Wildman–Crippen LogP) is 3.20. The summed E-state index contributed by atoms with van der Waals surface area (Å²) in [6.45, 7) is 1.82. The molecule has 1 heterocycles. The van der Waals surface area contributed by atoms with Gasteiger partial charge >= 0.3 is 0 Å². The molecule has 1 aromatic heterocycles. The lowest BCUT2D eigenvalue weighted by molar-refractivity contribution is 0.167. The van der Waals surface area contributed by atoms with Crippen molar-refractivity contribution in [3.63, 3.8) is 0 Å². The summed E-state index contributed by atoms with van der Waals surface area (Å²) >= 11 is 0. The molecule has 0 aliphatic rings. The van der Waals surface area contributed by atoms with Crippen molar-refractivity contribution >= 4 is 0 Å². The summed E-state index contributed by atoms with van der Waals surface area (Å²) in [6, 6.07) is 10.3. The first kappa shape index (κ1) is 12.7. The van der Waals surface area contributed by atoms with Crippen LogP contribution in [-0.2, 0) is 6.42 Å². The highest BCUT2D eigenvalue weighted by molar-refractivity contribution is 5.25. The fraction of sp³-hybridized carbons (Fsp3) is 0.267. The third-order valence-electron chi connectivity index (χ3n) is 2.85. The van der Waals surface area contributed by atoms with E-state index in [0.717, 1.165) is 11.3 Å². The summed E-state index contributed by atoms with van der Waals surface area (Å²) in [5, 5.41) is 10.0. The Labute approximate surface area is 106 Å². The van der Waals surface area contributed by atoms with Gasteiger partial charge in [0.25, 0.3) is 0 Å². The molecule has 2 aromatic rings. The van der Waals surface area contributed by atoms with Crippen LogP contribution in [0, 0.1) is 12.7 Å². The third-order valence-corrected chi connectivity index (χ3v) is 2.85. The van der Waals surface area contributed by atoms with Gasteiger partial charge in [-0.3, -0.25) is 4.98 Å². The molecule has 2 rings (SSSR count). The van der Waals surface area contributed by atoms with Gasteiger partial charge in [-0.2, -0.15) is 0 Å². The van der Waals surface area contributed by atoms with Gasteiger partial charge in [0.1, 0.15) is 5.82 Å². The maximum atomic E-state index is 13.2. The summed E-state index contributed by atoms with van der Waals surface area (Å²) in [5.41, 5.74) is 2.38. The zero-order chi connectivity index (χ0) is 13.0. The number of halogens is 1. The van der Waals surface area contributed by atoms with E-state index in [0.29, 0.717) is 18.4 Å². The monoisotopic (exact) mass is 245 g/mol. The van der Waals surface area contributed by atoms with E-state index in [9.17, 15) is 9.50 Å². The molecule has 0 saturated heterocycles. The number of aliphatic hydroxyl groups excluding tert-OH is 1. The predicted molar refractivity (Wildman–Crippen MR) is 68.7 cm³/mol. The van der Waals surface area contributed by atoms with Crippen LogP contribution in [0.1, 0.15) is 29.3 Å². The lowest BCUT2D eigenvalue weighted by Crippen LogP contribution is -2.01. The SMILES string of the molecule is Cc1cc(F)cc(C(O)CCc2ccccn2)c1. The topological polar surface area (TPSA) is 33.1 Å². The first-order valence-electron chi connectivity index (χ1n) is 6.00. The maximum absolute atomic E-state index is 13.2. The van der Waals surface area contributed by atoms with Gasteiger partial charge in [-0.05, 0) is 55.2 Å². The van der Waals surface area contributed by atoms with E-state index in [-0.39, 0.29) is 5.82 Å². The number of aliphatic hydroxyl groups is 1. The molecule has 0 radical (unpaired) electrons. The van der Waals surface area contributed by atoms with Crippen molar-refractivity contribution in [1.29, 1.82) is 0 Å². The second-order valence-corrected chi connectivity index (χ2v) is 4.44. The van der Waals surface area contributed by atoms with E-state index in [1.165, 1.54) is 12.1 Å². The Balaban J connectivity index is 2.01. The number of aromatic nitrogens is 1. The molecule has 0 fully saturated rings. The van der Waals surface area contributed by atoms with Gasteiger partial charge in [-0.1, -0.05) is 12.1 Å². The minimum atomic E-state index is -0.651. The number of nitrogens with zero attached hydrogens (tertiary/aromatic N) is 1. The number of benzene rings is 1. The third kappa shape index (κ3) is 3.37. The van der Waals surface area contributed by atoms with Gasteiger partial charge in [0.15, 0.2) is 0 Å². The lowest BCUT2D eigenvalue weighted by Gasteiger charge is -2.11. The van der Waals surface area contributed by atoms with Crippen LogP contribution >= 0.6 is 0 Å². The van der Waals surface area contributed by atoms with E-state index in [1.807, 2.05) is 31.2 Å². The molecular formula is C15H16FNO. The van der Waals surface area contributed by atoms with E-state index in [1.54, 1.807) is 6.20 Å². The van der Waals surface area contributed by atoms with Crippen LogP contribution in [0.2, 0.25) is 0 Å². The van der Waals surface area contributed by atoms with Crippen molar-refractivity contribution in [3.05, 3.63) is 65.2 Å². The zero-order valence-electron chi connectivity index (χ0n) is 10.3. The Morgan fingerprint density at radius 1 is 1.28 bits per heavy atom. The summed E-state index contributed by atoms with van der Waals surface area (Å²) in [6.07, 6.45) is 2.30. The van der Waals surface area contributed by atoms with Crippen LogP contribution in [0.5, 0.6) is 0 Å². The highest BCUT2D eigenvalue weighted by Crippen LogP contribution is 2.20. The van der Waals surface area contributed by atoms with Crippen molar-refractivity contribution < 1.29 is 9.50 Å². The van der Waals surface area contributed by atoms with Gasteiger partial charge in [0.05, 0.1) is 6.10 Å². The molecule has 1 N–H and O–H groups in total. The molecule has 0 aliphatic carbocycles. The highest BCUT2D eigenvalue weighted by atomic mass is 19.1. The summed E-state index contributed by atoms with van der Waals surface area (Å²) in [5.74, 6) is -0.304. The molecule has 18 heavy (non-hydrogen) atoms. The van der Waals surface area contributed by atoms with Crippen LogP contribution in [0.3, 0.4) is 0 Å². The normalized spacial score (nSPS) is 12.4. The molecule has 1 aromatic carbocycles. The molecule has 1 atom stereocenters. The molecule has 3 heteroatoms. The number of hydrogen-bond donors (Lipinski definition) is 1. The van der Waals surface area contributed by atoms with Gasteiger partial charge < -0.3 is 5.11 Å². The fourth-order valence-corrected chi connectivity index (χ4v) is 1.95. The van der Waals surface area contributed by atoms with Crippen molar-refractivity contribution in [3.8, 4) is 0 Å². The molecule has 0 saturated carbocycles. The van der Waals surface area contributed by atoms with E-state index in [2.05, 4.69) is 4.98 Å². The molecule has 94 valence electrons. The summed E-state index contributed by atoms with van der Waals surface area (Å²) in [4.78, 5) is 4.19. The number of aryl methyl sites for hydroxylation is 2. The number of rotatable bonds is 4. The average Bonchev–Trinajstić information content (AvgIpc) is 2.36. The van der Waals surface area contributed by atoms with Gasteiger partial charge in [0.2, 0.25) is 0 Å². The second kappa shape index (κ2) is 5.74. The van der Waals surface area contributed by atoms with Crippen LogP contribution in [0.15, 0.2) is 42.6 Å². The molecule has 0 bridgehead atoms. The Morgan fingerprint density at radius 2 is 2.11 bits per heavy atom. The van der Waals surface area contributed by atoms with Crippen molar-refractivity contribution in [2.24, 2.45) is 0 Å². The molecule has 0 aliphatic heterocycles.